The van der Waals surface area contributed by atoms with Gasteiger partial charge in [-0.25, -0.2) is 0 Å². The number of rotatable bonds is 5. The molecule has 0 atom stereocenters. The Bertz CT molecular complexity index is 133. The van der Waals surface area contributed by atoms with Crippen molar-refractivity contribution in [1.82, 2.24) is 0 Å². The van der Waals surface area contributed by atoms with Crippen LogP contribution in [0.3, 0.4) is 0 Å². The van der Waals surface area contributed by atoms with E-state index in [0.29, 0.717) is 24.7 Å². The third-order valence-electron chi connectivity index (χ3n) is 1.79. The SMILES string of the molecule is CC(C)CC(CC(C)C)[N+](=O)[O-]. The van der Waals surface area contributed by atoms with Crippen LogP contribution in [-0.2, 0) is 0 Å². The molecule has 0 aromatic rings. The molecule has 3 nitrogen and oxygen atoms in total. The van der Waals surface area contributed by atoms with Crippen molar-refractivity contribution in [2.45, 2.75) is 46.6 Å². The van der Waals surface area contributed by atoms with Gasteiger partial charge in [-0.05, 0) is 11.8 Å². The molecule has 0 unspecified atom stereocenters. The van der Waals surface area contributed by atoms with Crippen LogP contribution in [0.2, 0.25) is 0 Å². The molecule has 0 fully saturated rings. The molecule has 0 saturated carbocycles. The highest BCUT2D eigenvalue weighted by Crippen LogP contribution is 2.15. The molecule has 0 N–H and O–H groups in total. The summed E-state index contributed by atoms with van der Waals surface area (Å²) in [5.74, 6) is 0.832. The first-order valence-corrected chi connectivity index (χ1v) is 4.57. The minimum Gasteiger partial charge on any atom is -0.264 e. The number of hydrogen-bond acceptors (Lipinski definition) is 2. The Morgan fingerprint density at radius 3 is 1.58 bits per heavy atom. The van der Waals surface area contributed by atoms with Crippen molar-refractivity contribution < 1.29 is 4.92 Å². The monoisotopic (exact) mass is 173 g/mol. The Kier molecular flexibility index (Phi) is 4.86. The van der Waals surface area contributed by atoms with Gasteiger partial charge in [-0.15, -0.1) is 0 Å². The van der Waals surface area contributed by atoms with Gasteiger partial charge in [0.25, 0.3) is 0 Å². The van der Waals surface area contributed by atoms with Crippen molar-refractivity contribution in [3.63, 3.8) is 0 Å². The van der Waals surface area contributed by atoms with E-state index in [0.717, 1.165) is 0 Å². The first-order valence-electron chi connectivity index (χ1n) is 4.57. The highest BCUT2D eigenvalue weighted by molar-refractivity contribution is 4.61. The summed E-state index contributed by atoms with van der Waals surface area (Å²) < 4.78 is 0. The second-order valence-corrected chi connectivity index (χ2v) is 4.20. The molecular weight excluding hydrogens is 154 g/mol. The first kappa shape index (κ1) is 11.4. The van der Waals surface area contributed by atoms with Crippen LogP contribution in [0.5, 0.6) is 0 Å². The molecule has 12 heavy (non-hydrogen) atoms. The fraction of sp³-hybridized carbons (Fsp3) is 1.00. The largest absolute Gasteiger partial charge is 0.264 e. The third-order valence-corrected chi connectivity index (χ3v) is 1.79. The highest BCUT2D eigenvalue weighted by atomic mass is 16.6. The van der Waals surface area contributed by atoms with Crippen LogP contribution in [0.25, 0.3) is 0 Å². The molecule has 0 bridgehead atoms. The van der Waals surface area contributed by atoms with E-state index in [2.05, 4.69) is 0 Å². The van der Waals surface area contributed by atoms with Crippen LogP contribution in [0, 0.1) is 22.0 Å². The van der Waals surface area contributed by atoms with Crippen molar-refractivity contribution >= 4 is 0 Å². The van der Waals surface area contributed by atoms with Gasteiger partial charge < -0.3 is 0 Å². The Labute approximate surface area is 74.3 Å². The van der Waals surface area contributed by atoms with E-state index >= 15 is 0 Å². The summed E-state index contributed by atoms with van der Waals surface area (Å²) in [7, 11) is 0. The highest BCUT2D eigenvalue weighted by Gasteiger charge is 2.22. The summed E-state index contributed by atoms with van der Waals surface area (Å²) >= 11 is 0. The lowest BCUT2D eigenvalue weighted by Gasteiger charge is -2.13. The van der Waals surface area contributed by atoms with Gasteiger partial charge in [0.15, 0.2) is 0 Å². The van der Waals surface area contributed by atoms with E-state index in [1.54, 1.807) is 0 Å². The maximum Gasteiger partial charge on any atom is 0.213 e. The van der Waals surface area contributed by atoms with E-state index in [1.807, 2.05) is 27.7 Å². The lowest BCUT2D eigenvalue weighted by atomic mass is 9.96. The zero-order valence-electron chi connectivity index (χ0n) is 8.41. The molecule has 72 valence electrons. The zero-order chi connectivity index (χ0) is 9.72. The standard InChI is InChI=1S/C9H19NO2/c1-7(2)5-9(10(11)12)6-8(3)4/h7-9H,5-6H2,1-4H3. The van der Waals surface area contributed by atoms with Crippen LogP contribution in [-0.4, -0.2) is 11.0 Å². The van der Waals surface area contributed by atoms with Crippen LogP contribution >= 0.6 is 0 Å². The Morgan fingerprint density at radius 1 is 1.08 bits per heavy atom. The summed E-state index contributed by atoms with van der Waals surface area (Å²) in [6, 6.07) is -0.343. The molecule has 0 aromatic carbocycles. The van der Waals surface area contributed by atoms with Crippen LogP contribution in [0.1, 0.15) is 40.5 Å². The second kappa shape index (κ2) is 5.12. The van der Waals surface area contributed by atoms with Gasteiger partial charge in [-0.2, -0.15) is 0 Å². The molecule has 0 heterocycles. The lowest BCUT2D eigenvalue weighted by molar-refractivity contribution is -0.526. The first-order chi connectivity index (χ1) is 5.43. The minimum atomic E-state index is -0.343. The van der Waals surface area contributed by atoms with Crippen LogP contribution in [0.15, 0.2) is 0 Å². The lowest BCUT2D eigenvalue weighted by Crippen LogP contribution is -2.23. The van der Waals surface area contributed by atoms with Crippen molar-refractivity contribution in [1.29, 1.82) is 0 Å². The van der Waals surface area contributed by atoms with Gasteiger partial charge in [0.2, 0.25) is 6.04 Å². The molecular formula is C9H19NO2. The summed E-state index contributed by atoms with van der Waals surface area (Å²) in [6.07, 6.45) is 1.40. The van der Waals surface area contributed by atoms with Crippen molar-refractivity contribution in [3.05, 3.63) is 10.1 Å². The third kappa shape index (κ3) is 5.10. The Hall–Kier alpha value is -0.600. The summed E-state index contributed by atoms with van der Waals surface area (Å²) in [4.78, 5) is 10.4. The number of nitrogens with zero attached hydrogens (tertiary/aromatic N) is 1. The molecule has 0 aliphatic rings. The maximum atomic E-state index is 10.6. The van der Waals surface area contributed by atoms with Crippen molar-refractivity contribution in [3.8, 4) is 0 Å². The van der Waals surface area contributed by atoms with E-state index < -0.39 is 0 Å². The van der Waals surface area contributed by atoms with Gasteiger partial charge in [0.1, 0.15) is 0 Å². The quantitative estimate of drug-likeness (QED) is 0.474. The van der Waals surface area contributed by atoms with Gasteiger partial charge in [0.05, 0.1) is 0 Å². The van der Waals surface area contributed by atoms with Gasteiger partial charge >= 0.3 is 0 Å². The fourth-order valence-electron chi connectivity index (χ4n) is 1.36. The minimum absolute atomic E-state index is 0.139. The molecule has 0 rings (SSSR count). The molecule has 0 aliphatic carbocycles. The predicted molar refractivity (Wildman–Crippen MR) is 49.7 cm³/mol. The second-order valence-electron chi connectivity index (χ2n) is 4.20. The topological polar surface area (TPSA) is 43.1 Å². The average Bonchev–Trinajstić information content (AvgIpc) is 1.83. The van der Waals surface area contributed by atoms with E-state index in [4.69, 9.17) is 0 Å². The van der Waals surface area contributed by atoms with Gasteiger partial charge in [-0.1, -0.05) is 27.7 Å². The zero-order valence-corrected chi connectivity index (χ0v) is 8.41. The Morgan fingerprint density at radius 2 is 1.42 bits per heavy atom. The maximum absolute atomic E-state index is 10.6. The number of nitro groups is 1. The fourth-order valence-corrected chi connectivity index (χ4v) is 1.36. The van der Waals surface area contributed by atoms with E-state index in [-0.39, 0.29) is 11.0 Å². The molecule has 0 aliphatic heterocycles. The number of hydrogen-bond donors (Lipinski definition) is 0. The molecule has 0 aromatic heterocycles. The smallest absolute Gasteiger partial charge is 0.213 e. The molecule has 3 heteroatoms. The molecule has 0 spiro atoms. The van der Waals surface area contributed by atoms with E-state index in [9.17, 15) is 10.1 Å². The molecule has 0 saturated heterocycles. The molecule has 0 radical (unpaired) electrons. The summed E-state index contributed by atoms with van der Waals surface area (Å²) in [5, 5.41) is 10.6. The van der Waals surface area contributed by atoms with E-state index in [1.165, 1.54) is 0 Å². The molecule has 0 amide bonds. The summed E-state index contributed by atoms with van der Waals surface area (Å²) in [6.45, 7) is 8.10. The van der Waals surface area contributed by atoms with Crippen LogP contribution < -0.4 is 0 Å². The van der Waals surface area contributed by atoms with Crippen molar-refractivity contribution in [2.75, 3.05) is 0 Å². The van der Waals surface area contributed by atoms with Crippen LogP contribution in [0.4, 0.5) is 0 Å². The predicted octanol–water partition coefficient (Wildman–Crippen LogP) is 2.72. The normalized spacial score (nSPS) is 11.6. The van der Waals surface area contributed by atoms with Gasteiger partial charge in [0, 0.05) is 17.8 Å². The Balaban J connectivity index is 3.96. The average molecular weight is 173 g/mol. The van der Waals surface area contributed by atoms with Gasteiger partial charge in [-0.3, -0.25) is 10.1 Å². The summed E-state index contributed by atoms with van der Waals surface area (Å²) in [5.41, 5.74) is 0. The van der Waals surface area contributed by atoms with Crippen molar-refractivity contribution in [2.24, 2.45) is 11.8 Å².